The maximum atomic E-state index is 5.46. The highest BCUT2D eigenvalue weighted by Crippen LogP contribution is 2.30. The van der Waals surface area contributed by atoms with Crippen LogP contribution in [0, 0.1) is 0 Å². The predicted molar refractivity (Wildman–Crippen MR) is 68.5 cm³/mol. The van der Waals surface area contributed by atoms with Gasteiger partial charge >= 0.3 is 0 Å². The van der Waals surface area contributed by atoms with Gasteiger partial charge in [0.2, 0.25) is 0 Å². The Balaban J connectivity index is 2.85. The molecule has 0 bridgehead atoms. The lowest BCUT2D eigenvalue weighted by Crippen LogP contribution is -1.95. The van der Waals surface area contributed by atoms with E-state index >= 15 is 0 Å². The van der Waals surface area contributed by atoms with Crippen molar-refractivity contribution in [3.63, 3.8) is 0 Å². The summed E-state index contributed by atoms with van der Waals surface area (Å²) in [5.41, 5.74) is 1.31. The average molecular weight is 269 g/mol. The third-order valence-electron chi connectivity index (χ3n) is 2.35. The van der Waals surface area contributed by atoms with E-state index in [-0.39, 0.29) is 0 Å². The Morgan fingerprint density at radius 3 is 2.80 bits per heavy atom. The Morgan fingerprint density at radius 2 is 2.27 bits per heavy atom. The van der Waals surface area contributed by atoms with E-state index in [4.69, 9.17) is 4.74 Å². The minimum absolute atomic E-state index is 0.509. The van der Waals surface area contributed by atoms with Gasteiger partial charge in [0.15, 0.2) is 0 Å². The van der Waals surface area contributed by atoms with Crippen LogP contribution in [0.5, 0.6) is 5.75 Å². The van der Waals surface area contributed by atoms with E-state index in [1.165, 1.54) is 5.56 Å². The van der Waals surface area contributed by atoms with Crippen molar-refractivity contribution in [2.24, 2.45) is 0 Å². The number of benzene rings is 1. The Morgan fingerprint density at radius 1 is 1.53 bits per heavy atom. The van der Waals surface area contributed by atoms with E-state index in [9.17, 15) is 0 Å². The molecule has 0 heterocycles. The highest BCUT2D eigenvalue weighted by atomic mass is 79.9. The van der Waals surface area contributed by atoms with Gasteiger partial charge in [-0.1, -0.05) is 19.1 Å². The SMILES string of the molecule is C=CCC(C)c1ccc(OCC)c(Br)c1. The van der Waals surface area contributed by atoms with Gasteiger partial charge in [-0.25, -0.2) is 0 Å². The first kappa shape index (κ1) is 12.3. The van der Waals surface area contributed by atoms with Gasteiger partial charge in [0, 0.05) is 0 Å². The minimum Gasteiger partial charge on any atom is -0.493 e. The lowest BCUT2D eigenvalue weighted by molar-refractivity contribution is 0.338. The van der Waals surface area contributed by atoms with Crippen LogP contribution in [0.3, 0.4) is 0 Å². The Labute approximate surface area is 100 Å². The van der Waals surface area contributed by atoms with Crippen molar-refractivity contribution in [1.29, 1.82) is 0 Å². The fourth-order valence-electron chi connectivity index (χ4n) is 1.48. The van der Waals surface area contributed by atoms with Crippen LogP contribution in [-0.4, -0.2) is 6.61 Å². The van der Waals surface area contributed by atoms with E-state index in [0.29, 0.717) is 12.5 Å². The lowest BCUT2D eigenvalue weighted by Gasteiger charge is -2.12. The predicted octanol–water partition coefficient (Wildman–Crippen LogP) is 4.53. The van der Waals surface area contributed by atoms with E-state index in [0.717, 1.165) is 16.6 Å². The summed E-state index contributed by atoms with van der Waals surface area (Å²) in [7, 11) is 0. The van der Waals surface area contributed by atoms with Crippen LogP contribution >= 0.6 is 15.9 Å². The number of allylic oxidation sites excluding steroid dienone is 1. The molecule has 1 nitrogen and oxygen atoms in total. The van der Waals surface area contributed by atoms with Gasteiger partial charge in [-0.3, -0.25) is 0 Å². The largest absolute Gasteiger partial charge is 0.493 e. The first-order valence-corrected chi connectivity index (χ1v) is 6.01. The smallest absolute Gasteiger partial charge is 0.133 e. The summed E-state index contributed by atoms with van der Waals surface area (Å²) in [6.07, 6.45) is 2.95. The molecule has 1 atom stereocenters. The molecule has 1 rings (SSSR count). The van der Waals surface area contributed by atoms with Gasteiger partial charge in [0.25, 0.3) is 0 Å². The van der Waals surface area contributed by atoms with Gasteiger partial charge in [-0.15, -0.1) is 6.58 Å². The molecule has 0 aliphatic carbocycles. The molecule has 0 aliphatic heterocycles. The fraction of sp³-hybridized carbons (Fsp3) is 0.385. The highest BCUT2D eigenvalue weighted by molar-refractivity contribution is 9.10. The summed E-state index contributed by atoms with van der Waals surface area (Å²) in [5, 5.41) is 0. The van der Waals surface area contributed by atoms with Crippen LogP contribution in [0.15, 0.2) is 35.3 Å². The summed E-state index contributed by atoms with van der Waals surface area (Å²) >= 11 is 3.52. The molecular formula is C13H17BrO. The summed E-state index contributed by atoms with van der Waals surface area (Å²) in [4.78, 5) is 0. The first-order valence-electron chi connectivity index (χ1n) is 5.22. The molecule has 1 aromatic carbocycles. The van der Waals surface area contributed by atoms with Crippen LogP contribution in [0.2, 0.25) is 0 Å². The molecule has 1 aromatic rings. The van der Waals surface area contributed by atoms with Crippen LogP contribution < -0.4 is 4.74 Å². The van der Waals surface area contributed by atoms with Crippen LogP contribution in [-0.2, 0) is 0 Å². The van der Waals surface area contributed by atoms with Crippen molar-refractivity contribution in [3.8, 4) is 5.75 Å². The zero-order valence-corrected chi connectivity index (χ0v) is 10.9. The molecule has 0 saturated carbocycles. The van der Waals surface area contributed by atoms with Crippen LogP contribution in [0.1, 0.15) is 31.7 Å². The quantitative estimate of drug-likeness (QED) is 0.714. The Bertz CT molecular complexity index is 333. The Hall–Kier alpha value is -0.760. The van der Waals surface area contributed by atoms with Gasteiger partial charge in [-0.05, 0) is 52.9 Å². The topological polar surface area (TPSA) is 9.23 Å². The third-order valence-corrected chi connectivity index (χ3v) is 2.96. The number of ether oxygens (including phenoxy) is 1. The number of hydrogen-bond donors (Lipinski definition) is 0. The molecule has 15 heavy (non-hydrogen) atoms. The maximum absolute atomic E-state index is 5.46. The van der Waals surface area contributed by atoms with Gasteiger partial charge in [0.1, 0.15) is 5.75 Å². The zero-order chi connectivity index (χ0) is 11.3. The normalized spacial score (nSPS) is 12.2. The molecule has 0 fully saturated rings. The molecule has 0 aliphatic rings. The van der Waals surface area contributed by atoms with Crippen LogP contribution in [0.4, 0.5) is 0 Å². The lowest BCUT2D eigenvalue weighted by atomic mass is 9.98. The third kappa shape index (κ3) is 3.38. The van der Waals surface area contributed by atoms with E-state index in [1.54, 1.807) is 0 Å². The Kier molecular flexibility index (Phi) is 4.89. The molecule has 0 N–H and O–H groups in total. The van der Waals surface area contributed by atoms with Crippen molar-refractivity contribution in [2.75, 3.05) is 6.61 Å². The summed E-state index contributed by atoms with van der Waals surface area (Å²) in [5.74, 6) is 1.42. The van der Waals surface area contributed by atoms with Crippen molar-refractivity contribution in [3.05, 3.63) is 40.9 Å². The van der Waals surface area contributed by atoms with E-state index in [2.05, 4.69) is 41.6 Å². The molecule has 82 valence electrons. The van der Waals surface area contributed by atoms with Crippen molar-refractivity contribution in [2.45, 2.75) is 26.2 Å². The van der Waals surface area contributed by atoms with Crippen molar-refractivity contribution >= 4 is 15.9 Å². The summed E-state index contributed by atoms with van der Waals surface area (Å²) < 4.78 is 6.49. The van der Waals surface area contributed by atoms with Crippen LogP contribution in [0.25, 0.3) is 0 Å². The molecule has 0 saturated heterocycles. The summed E-state index contributed by atoms with van der Waals surface area (Å²) in [6, 6.07) is 6.26. The van der Waals surface area contributed by atoms with E-state index in [1.807, 2.05) is 19.1 Å². The average Bonchev–Trinajstić information content (AvgIpc) is 2.21. The number of rotatable bonds is 5. The van der Waals surface area contributed by atoms with Crippen molar-refractivity contribution in [1.82, 2.24) is 0 Å². The van der Waals surface area contributed by atoms with Crippen molar-refractivity contribution < 1.29 is 4.74 Å². The second-order valence-electron chi connectivity index (χ2n) is 3.55. The van der Waals surface area contributed by atoms with E-state index < -0.39 is 0 Å². The summed E-state index contributed by atoms with van der Waals surface area (Å²) in [6.45, 7) is 8.64. The minimum atomic E-state index is 0.509. The molecule has 0 amide bonds. The maximum Gasteiger partial charge on any atom is 0.133 e. The van der Waals surface area contributed by atoms with Gasteiger partial charge < -0.3 is 4.74 Å². The molecule has 2 heteroatoms. The molecule has 0 spiro atoms. The monoisotopic (exact) mass is 268 g/mol. The molecule has 1 unspecified atom stereocenters. The van der Waals surface area contributed by atoms with Gasteiger partial charge in [-0.2, -0.15) is 0 Å². The second kappa shape index (κ2) is 5.96. The first-order chi connectivity index (χ1) is 7.19. The molecule has 0 aromatic heterocycles. The second-order valence-corrected chi connectivity index (χ2v) is 4.40. The zero-order valence-electron chi connectivity index (χ0n) is 9.29. The standard InChI is InChI=1S/C13H17BrO/c1-4-6-10(3)11-7-8-13(15-5-2)12(14)9-11/h4,7-10H,1,5-6H2,2-3H3. The number of hydrogen-bond acceptors (Lipinski definition) is 1. The highest BCUT2D eigenvalue weighted by Gasteiger charge is 2.07. The van der Waals surface area contributed by atoms with Gasteiger partial charge in [0.05, 0.1) is 11.1 Å². The fourth-order valence-corrected chi connectivity index (χ4v) is 1.99. The molecular weight excluding hydrogens is 252 g/mol. The molecule has 0 radical (unpaired) electrons. The number of halogens is 1.